The zero-order valence-corrected chi connectivity index (χ0v) is 26.2. The van der Waals surface area contributed by atoms with E-state index in [1.807, 2.05) is 0 Å². The van der Waals surface area contributed by atoms with Gasteiger partial charge in [0.2, 0.25) is 12.6 Å². The summed E-state index contributed by atoms with van der Waals surface area (Å²) in [6, 6.07) is 10.3. The first-order valence-corrected chi connectivity index (χ1v) is 15.6. The van der Waals surface area contributed by atoms with Crippen LogP contribution in [-0.2, 0) is 18.9 Å². The first-order valence-electron chi connectivity index (χ1n) is 15.6. The Hall–Kier alpha value is -2.84. The van der Waals surface area contributed by atoms with E-state index < -0.39 is 74.6 Å². The van der Waals surface area contributed by atoms with E-state index in [4.69, 9.17) is 37.9 Å². The van der Waals surface area contributed by atoms with Gasteiger partial charge in [-0.15, -0.1) is 0 Å². The molecule has 6 rings (SSSR count). The van der Waals surface area contributed by atoms with Crippen LogP contribution < -0.4 is 18.9 Å². The molecule has 16 heteroatoms. The summed E-state index contributed by atoms with van der Waals surface area (Å²) in [5, 5.41) is 80.1. The topological polar surface area (TPSA) is 236 Å². The van der Waals surface area contributed by atoms with E-state index in [1.54, 1.807) is 36.4 Å². The van der Waals surface area contributed by atoms with Crippen molar-refractivity contribution >= 4 is 0 Å². The lowest BCUT2D eigenvalue weighted by molar-refractivity contribution is -0.277. The van der Waals surface area contributed by atoms with Crippen LogP contribution >= 0.6 is 0 Å². The number of hydrogen-bond donors (Lipinski definition) is 8. The first kappa shape index (κ1) is 35.0. The number of methoxy groups -OCH3 is 2. The van der Waals surface area contributed by atoms with Crippen LogP contribution in [-0.4, -0.2) is 143 Å². The van der Waals surface area contributed by atoms with Crippen molar-refractivity contribution in [2.75, 3.05) is 40.6 Å². The van der Waals surface area contributed by atoms with E-state index in [0.29, 0.717) is 24.7 Å². The Morgan fingerprint density at radius 1 is 0.562 bits per heavy atom. The Balaban J connectivity index is 1.14. The molecule has 2 aromatic rings. The molecule has 4 saturated heterocycles. The van der Waals surface area contributed by atoms with Gasteiger partial charge in [-0.2, -0.15) is 0 Å². The van der Waals surface area contributed by atoms with Crippen molar-refractivity contribution in [2.45, 2.75) is 73.6 Å². The summed E-state index contributed by atoms with van der Waals surface area (Å²) in [7, 11) is 2.90. The largest absolute Gasteiger partial charge is 0.493 e. The average Bonchev–Trinajstić information content (AvgIpc) is 3.72. The van der Waals surface area contributed by atoms with Crippen molar-refractivity contribution in [3.8, 4) is 23.0 Å². The maximum absolute atomic E-state index is 10.4. The summed E-state index contributed by atoms with van der Waals surface area (Å²) in [4.78, 5) is 0. The van der Waals surface area contributed by atoms with Crippen molar-refractivity contribution in [2.24, 2.45) is 11.8 Å². The highest BCUT2D eigenvalue weighted by Crippen LogP contribution is 2.52. The molecule has 0 spiro atoms. The standard InChI is InChI=1S/C32H42O16/c1-41-19-7-13(3-5-17(19)45-31-27(39)25(37)23(35)21(9-33)47-31)29-15-11-44-30(16(15)12-43-29)14-4-6-18(20(8-14)42-2)46-32-28(40)26(38)24(36)22(10-34)48-32/h3-8,15-16,21-40H,9-12H2,1-2H3/t15-,16-,21+,22+,23+,24+,25-,26-,27+,28+,29+,30+,31+,32+/m1/s1. The zero-order valence-electron chi connectivity index (χ0n) is 26.2. The highest BCUT2D eigenvalue weighted by atomic mass is 16.7. The van der Waals surface area contributed by atoms with Gasteiger partial charge < -0.3 is 78.7 Å². The summed E-state index contributed by atoms with van der Waals surface area (Å²) >= 11 is 0. The fourth-order valence-electron chi connectivity index (χ4n) is 6.73. The molecule has 48 heavy (non-hydrogen) atoms. The van der Waals surface area contributed by atoms with Crippen LogP contribution in [0.25, 0.3) is 0 Å². The molecule has 4 aliphatic rings. The summed E-state index contributed by atoms with van der Waals surface area (Å²) in [6.45, 7) is -0.371. The number of rotatable bonds is 10. The minimum Gasteiger partial charge on any atom is -0.493 e. The Labute approximate surface area is 275 Å². The Bertz CT molecular complexity index is 1290. The van der Waals surface area contributed by atoms with Crippen LogP contribution in [0.1, 0.15) is 23.3 Å². The maximum atomic E-state index is 10.4. The number of hydrogen-bond acceptors (Lipinski definition) is 16. The molecule has 2 aromatic carbocycles. The monoisotopic (exact) mass is 682 g/mol. The van der Waals surface area contributed by atoms with Crippen molar-refractivity contribution < 1.29 is 78.7 Å². The molecular formula is C32H42O16. The van der Waals surface area contributed by atoms with Crippen LogP contribution in [0, 0.1) is 11.8 Å². The summed E-state index contributed by atoms with van der Waals surface area (Å²) in [5.41, 5.74) is 1.59. The lowest BCUT2D eigenvalue weighted by Crippen LogP contribution is -2.60. The van der Waals surface area contributed by atoms with Gasteiger partial charge in [-0.25, -0.2) is 0 Å². The highest BCUT2D eigenvalue weighted by Gasteiger charge is 2.49. The van der Waals surface area contributed by atoms with E-state index in [2.05, 4.69) is 0 Å². The number of aliphatic hydroxyl groups is 8. The van der Waals surface area contributed by atoms with E-state index >= 15 is 0 Å². The van der Waals surface area contributed by atoms with E-state index in [-0.39, 0.29) is 35.5 Å². The quantitative estimate of drug-likeness (QED) is 0.137. The number of aliphatic hydroxyl groups excluding tert-OH is 8. The van der Waals surface area contributed by atoms with Crippen molar-refractivity contribution in [3.63, 3.8) is 0 Å². The van der Waals surface area contributed by atoms with Gasteiger partial charge >= 0.3 is 0 Å². The molecule has 4 aliphatic heterocycles. The van der Waals surface area contributed by atoms with Gasteiger partial charge in [0, 0.05) is 11.8 Å². The molecule has 0 aromatic heterocycles. The van der Waals surface area contributed by atoms with Crippen LogP contribution in [0.5, 0.6) is 23.0 Å². The van der Waals surface area contributed by atoms with E-state index in [1.165, 1.54) is 14.2 Å². The van der Waals surface area contributed by atoms with Gasteiger partial charge in [0.05, 0.1) is 52.9 Å². The van der Waals surface area contributed by atoms with Gasteiger partial charge in [0.1, 0.15) is 48.8 Å². The summed E-state index contributed by atoms with van der Waals surface area (Å²) in [6.07, 6.45) is -15.0. The Kier molecular flexibility index (Phi) is 10.6. The van der Waals surface area contributed by atoms with Crippen LogP contribution in [0.3, 0.4) is 0 Å². The molecule has 0 radical (unpaired) electrons. The van der Waals surface area contributed by atoms with Crippen LogP contribution in [0.4, 0.5) is 0 Å². The van der Waals surface area contributed by atoms with Crippen molar-refractivity contribution in [3.05, 3.63) is 47.5 Å². The van der Waals surface area contributed by atoms with Crippen LogP contribution in [0.15, 0.2) is 36.4 Å². The van der Waals surface area contributed by atoms with Gasteiger partial charge in [-0.3, -0.25) is 0 Å². The lowest BCUT2D eigenvalue weighted by Gasteiger charge is -2.39. The van der Waals surface area contributed by atoms with Crippen LogP contribution in [0.2, 0.25) is 0 Å². The molecular weight excluding hydrogens is 640 g/mol. The minimum absolute atomic E-state index is 0.0204. The maximum Gasteiger partial charge on any atom is 0.229 e. The Morgan fingerprint density at radius 2 is 0.958 bits per heavy atom. The normalized spacial score (nSPS) is 39.5. The second-order valence-corrected chi connectivity index (χ2v) is 12.3. The highest BCUT2D eigenvalue weighted by molar-refractivity contribution is 5.46. The van der Waals surface area contributed by atoms with Gasteiger partial charge in [0.25, 0.3) is 0 Å². The molecule has 0 saturated carbocycles. The molecule has 8 N–H and O–H groups in total. The Morgan fingerprint density at radius 3 is 1.31 bits per heavy atom. The molecule has 266 valence electrons. The van der Waals surface area contributed by atoms with E-state index in [9.17, 15) is 40.9 Å². The summed E-state index contributed by atoms with van der Waals surface area (Å²) in [5.74, 6) is 0.997. The minimum atomic E-state index is -1.59. The lowest BCUT2D eigenvalue weighted by atomic mass is 9.85. The molecule has 0 unspecified atom stereocenters. The predicted octanol–water partition coefficient (Wildman–Crippen LogP) is -1.86. The first-order chi connectivity index (χ1) is 23.1. The molecule has 0 amide bonds. The second-order valence-electron chi connectivity index (χ2n) is 12.3. The molecule has 0 bridgehead atoms. The molecule has 4 fully saturated rings. The number of benzene rings is 2. The number of fused-ring (bicyclic) bond motifs is 1. The van der Waals surface area contributed by atoms with Gasteiger partial charge in [-0.1, -0.05) is 12.1 Å². The molecule has 0 aliphatic carbocycles. The van der Waals surface area contributed by atoms with E-state index in [0.717, 1.165) is 11.1 Å². The van der Waals surface area contributed by atoms with Crippen molar-refractivity contribution in [1.29, 1.82) is 0 Å². The third kappa shape index (κ3) is 6.44. The smallest absolute Gasteiger partial charge is 0.229 e. The van der Waals surface area contributed by atoms with Gasteiger partial charge in [0.15, 0.2) is 23.0 Å². The van der Waals surface area contributed by atoms with Crippen molar-refractivity contribution in [1.82, 2.24) is 0 Å². The SMILES string of the molecule is COc1cc([C@@H]2OC[C@@H]3[C@H]2CO[C@H]3c2ccc(O[C@H]3O[C@@H](CO)[C@H](O)[C@@H](O)[C@@H]3O)c(OC)c2)ccc1O[C@H]1O[C@@H](CO)[C@H](O)[C@@H](O)[C@@H]1O. The molecule has 14 atom stereocenters. The second kappa shape index (κ2) is 14.6. The third-order valence-electron chi connectivity index (χ3n) is 9.48. The summed E-state index contributed by atoms with van der Waals surface area (Å²) < 4.78 is 46.1. The van der Waals surface area contributed by atoms with Gasteiger partial charge in [-0.05, 0) is 35.4 Å². The zero-order chi connectivity index (χ0) is 34.3. The average molecular weight is 683 g/mol. The third-order valence-corrected chi connectivity index (χ3v) is 9.48. The fourth-order valence-corrected chi connectivity index (χ4v) is 6.73. The number of ether oxygens (including phenoxy) is 8. The predicted molar refractivity (Wildman–Crippen MR) is 159 cm³/mol. The molecule has 4 heterocycles. The molecule has 16 nitrogen and oxygen atoms in total. The fraction of sp³-hybridized carbons (Fsp3) is 0.625.